The van der Waals surface area contributed by atoms with Crippen LogP contribution in [0.15, 0.2) is 72.3 Å². The van der Waals surface area contributed by atoms with Crippen molar-refractivity contribution >= 4 is 55.7 Å². The Morgan fingerprint density at radius 1 is 1.06 bits per heavy atom. The van der Waals surface area contributed by atoms with E-state index in [1.54, 1.807) is 30.3 Å². The number of anilines is 1. The van der Waals surface area contributed by atoms with Gasteiger partial charge in [0.1, 0.15) is 5.76 Å². The van der Waals surface area contributed by atoms with Crippen LogP contribution < -0.4 is 4.90 Å². The third-order valence-corrected chi connectivity index (χ3v) is 7.27. The van der Waals surface area contributed by atoms with Crippen LogP contribution in [0.5, 0.6) is 0 Å². The van der Waals surface area contributed by atoms with Crippen LogP contribution in [0.1, 0.15) is 35.2 Å². The van der Waals surface area contributed by atoms with Gasteiger partial charge >= 0.3 is 5.91 Å². The van der Waals surface area contributed by atoms with Gasteiger partial charge in [-0.1, -0.05) is 84.0 Å². The number of hydrogen-bond donors (Lipinski definition) is 1. The van der Waals surface area contributed by atoms with Crippen molar-refractivity contribution in [2.45, 2.75) is 26.3 Å². The van der Waals surface area contributed by atoms with Crippen molar-refractivity contribution in [3.63, 3.8) is 0 Å². The van der Waals surface area contributed by atoms with Gasteiger partial charge in [-0.25, -0.2) is 4.98 Å². The molecule has 0 spiro atoms. The van der Waals surface area contributed by atoms with Crippen LogP contribution >= 0.6 is 22.9 Å². The van der Waals surface area contributed by atoms with Gasteiger partial charge in [-0.2, -0.15) is 0 Å². The van der Waals surface area contributed by atoms with Crippen LogP contribution in [0.2, 0.25) is 5.02 Å². The molecule has 170 valence electrons. The fourth-order valence-corrected chi connectivity index (χ4v) is 5.41. The molecule has 1 saturated heterocycles. The minimum Gasteiger partial charge on any atom is -0.507 e. The molecule has 3 aromatic carbocycles. The number of aliphatic hydroxyl groups is 1. The topological polar surface area (TPSA) is 70.5 Å². The van der Waals surface area contributed by atoms with E-state index in [0.717, 1.165) is 27.8 Å². The van der Waals surface area contributed by atoms with Crippen LogP contribution in [-0.4, -0.2) is 21.8 Å². The van der Waals surface area contributed by atoms with E-state index in [2.05, 4.69) is 11.9 Å². The Bertz CT molecular complexity index is 1460. The van der Waals surface area contributed by atoms with Gasteiger partial charge in [-0.3, -0.25) is 14.5 Å². The highest BCUT2D eigenvalue weighted by Crippen LogP contribution is 2.44. The summed E-state index contributed by atoms with van der Waals surface area (Å²) in [6, 6.07) is 19.4. The molecule has 0 aliphatic carbocycles. The van der Waals surface area contributed by atoms with E-state index in [0.29, 0.717) is 21.2 Å². The van der Waals surface area contributed by atoms with Crippen molar-refractivity contribution in [3.8, 4) is 0 Å². The zero-order chi connectivity index (χ0) is 24.0. The molecular weight excluding hydrogens is 468 g/mol. The van der Waals surface area contributed by atoms with Gasteiger partial charge in [0, 0.05) is 10.6 Å². The lowest BCUT2D eigenvalue weighted by atomic mass is 9.94. The first-order valence-corrected chi connectivity index (χ1v) is 12.1. The zero-order valence-electron chi connectivity index (χ0n) is 18.6. The summed E-state index contributed by atoms with van der Waals surface area (Å²) in [6.07, 6.45) is 0.864. The predicted octanol–water partition coefficient (Wildman–Crippen LogP) is 6.45. The number of carbonyl (C=O) groups excluding carboxylic acids is 2. The quantitative estimate of drug-likeness (QED) is 0.204. The van der Waals surface area contributed by atoms with Gasteiger partial charge in [0.25, 0.3) is 5.78 Å². The Morgan fingerprint density at radius 3 is 2.44 bits per heavy atom. The summed E-state index contributed by atoms with van der Waals surface area (Å²) in [7, 11) is 0. The molecule has 1 aliphatic heterocycles. The second kappa shape index (κ2) is 8.70. The SMILES string of the molecule is CCc1ccc(C2/C(=C(\O)c3ccc(C)cc3)C(=O)C(=O)N2c2nc3ccc(Cl)cc3s2)cc1. The van der Waals surface area contributed by atoms with E-state index < -0.39 is 17.7 Å². The highest BCUT2D eigenvalue weighted by Gasteiger charge is 2.48. The van der Waals surface area contributed by atoms with Crippen LogP contribution in [0.25, 0.3) is 16.0 Å². The van der Waals surface area contributed by atoms with Crippen molar-refractivity contribution in [2.24, 2.45) is 0 Å². The minimum atomic E-state index is -0.803. The average Bonchev–Trinajstić information content (AvgIpc) is 3.37. The third kappa shape index (κ3) is 3.79. The van der Waals surface area contributed by atoms with Crippen molar-refractivity contribution in [2.75, 3.05) is 4.90 Å². The number of amides is 1. The number of Topliss-reactive ketones (excluding diaryl/α,β-unsaturated/α-hetero) is 1. The minimum absolute atomic E-state index is 0.0513. The number of benzene rings is 3. The molecule has 7 heteroatoms. The number of aryl methyl sites for hydroxylation is 2. The number of halogens is 1. The van der Waals surface area contributed by atoms with Crippen molar-refractivity contribution < 1.29 is 14.7 Å². The van der Waals surface area contributed by atoms with E-state index in [1.165, 1.54) is 16.2 Å². The summed E-state index contributed by atoms with van der Waals surface area (Å²) in [5, 5.41) is 12.2. The van der Waals surface area contributed by atoms with E-state index in [4.69, 9.17) is 11.6 Å². The second-order valence-corrected chi connectivity index (χ2v) is 9.68. The van der Waals surface area contributed by atoms with Crippen LogP contribution in [0.4, 0.5) is 5.13 Å². The number of nitrogens with zero attached hydrogens (tertiary/aromatic N) is 2. The third-order valence-electron chi connectivity index (χ3n) is 6.02. The summed E-state index contributed by atoms with van der Waals surface area (Å²) in [5.41, 5.74) is 4.10. The Kier molecular flexibility index (Phi) is 5.71. The monoisotopic (exact) mass is 488 g/mol. The number of aromatic nitrogens is 1. The summed E-state index contributed by atoms with van der Waals surface area (Å²) in [5.74, 6) is -1.65. The number of fused-ring (bicyclic) bond motifs is 1. The lowest BCUT2D eigenvalue weighted by Crippen LogP contribution is -2.29. The largest absolute Gasteiger partial charge is 0.507 e. The first-order chi connectivity index (χ1) is 16.4. The molecule has 0 bridgehead atoms. The first-order valence-electron chi connectivity index (χ1n) is 10.9. The van der Waals surface area contributed by atoms with Gasteiger partial charge < -0.3 is 5.11 Å². The Morgan fingerprint density at radius 2 is 1.76 bits per heavy atom. The second-order valence-electron chi connectivity index (χ2n) is 8.24. The van der Waals surface area contributed by atoms with Gasteiger partial charge in [0.05, 0.1) is 21.8 Å². The Hall–Kier alpha value is -3.48. The number of carbonyl (C=O) groups is 2. The molecule has 34 heavy (non-hydrogen) atoms. The average molecular weight is 489 g/mol. The molecule has 1 aromatic heterocycles. The molecule has 0 radical (unpaired) electrons. The molecule has 1 fully saturated rings. The number of rotatable bonds is 4. The van der Waals surface area contributed by atoms with Crippen LogP contribution in [-0.2, 0) is 16.0 Å². The van der Waals surface area contributed by atoms with E-state index in [9.17, 15) is 14.7 Å². The lowest BCUT2D eigenvalue weighted by Gasteiger charge is -2.23. The predicted molar refractivity (Wildman–Crippen MR) is 136 cm³/mol. The summed E-state index contributed by atoms with van der Waals surface area (Å²) < 4.78 is 0.808. The Balaban J connectivity index is 1.72. The molecule has 1 unspecified atom stereocenters. The van der Waals surface area contributed by atoms with E-state index in [1.807, 2.05) is 43.3 Å². The molecular formula is C27H21ClN2O3S. The van der Waals surface area contributed by atoms with Crippen LogP contribution in [0.3, 0.4) is 0 Å². The highest BCUT2D eigenvalue weighted by atomic mass is 35.5. The molecule has 5 rings (SSSR count). The molecule has 1 atom stereocenters. The molecule has 1 aliphatic rings. The lowest BCUT2D eigenvalue weighted by molar-refractivity contribution is -0.132. The molecule has 1 amide bonds. The van der Waals surface area contributed by atoms with Gasteiger partial charge in [-0.05, 0) is 42.7 Å². The number of aliphatic hydroxyl groups excluding tert-OH is 1. The first kappa shape index (κ1) is 22.3. The fourth-order valence-electron chi connectivity index (χ4n) is 4.14. The highest BCUT2D eigenvalue weighted by molar-refractivity contribution is 7.22. The maximum absolute atomic E-state index is 13.3. The number of hydrogen-bond acceptors (Lipinski definition) is 5. The standard InChI is InChI=1S/C27H21ClN2O3S/c1-3-16-6-10-17(11-7-16)23-22(24(31)18-8-4-15(2)5-9-18)25(32)26(33)30(23)27-29-20-13-12-19(28)14-21(20)34-27/h4-14,23,31H,3H2,1-2H3/b24-22+. The summed E-state index contributed by atoms with van der Waals surface area (Å²) >= 11 is 7.43. The smallest absolute Gasteiger partial charge is 0.301 e. The van der Waals surface area contributed by atoms with Gasteiger partial charge in [0.2, 0.25) is 0 Å². The van der Waals surface area contributed by atoms with Gasteiger partial charge in [-0.15, -0.1) is 0 Å². The van der Waals surface area contributed by atoms with Crippen molar-refractivity contribution in [1.29, 1.82) is 0 Å². The number of ketones is 1. The molecule has 2 heterocycles. The number of thiazole rings is 1. The normalized spacial score (nSPS) is 17.6. The Labute approximate surface area is 205 Å². The molecule has 0 saturated carbocycles. The molecule has 1 N–H and O–H groups in total. The molecule has 4 aromatic rings. The van der Waals surface area contributed by atoms with E-state index in [-0.39, 0.29) is 11.3 Å². The van der Waals surface area contributed by atoms with Crippen LogP contribution in [0, 0.1) is 6.92 Å². The molecule has 5 nitrogen and oxygen atoms in total. The summed E-state index contributed by atoms with van der Waals surface area (Å²) in [4.78, 5) is 32.6. The van der Waals surface area contributed by atoms with Gasteiger partial charge in [0.15, 0.2) is 5.13 Å². The summed E-state index contributed by atoms with van der Waals surface area (Å²) in [6.45, 7) is 4.00. The van der Waals surface area contributed by atoms with Crippen molar-refractivity contribution in [1.82, 2.24) is 4.98 Å². The fraction of sp³-hybridized carbons (Fsp3) is 0.148. The maximum Gasteiger partial charge on any atom is 0.301 e. The van der Waals surface area contributed by atoms with E-state index >= 15 is 0 Å². The zero-order valence-corrected chi connectivity index (χ0v) is 20.2. The maximum atomic E-state index is 13.3. The van der Waals surface area contributed by atoms with Crippen molar-refractivity contribution in [3.05, 3.63) is 99.6 Å².